The largest absolute Gasteiger partial charge is 0.397 e. The number of nitrogens with one attached hydrogen (secondary N) is 1. The zero-order valence-electron chi connectivity index (χ0n) is 11.6. The Morgan fingerprint density at radius 3 is 2.70 bits per heavy atom. The standard InChI is InChI=1S/C12H17N5O2S/c1-5(4-7(13)18)15-11(19)10-9(14)8-6(2)16-17(3)12(8)20-10/h5H,4,14H2,1-3H3,(H2,13,18)(H,15,19). The molecule has 2 heterocycles. The summed E-state index contributed by atoms with van der Waals surface area (Å²) < 4.78 is 1.70. The summed E-state index contributed by atoms with van der Waals surface area (Å²) in [6, 6.07) is -0.330. The zero-order chi connectivity index (χ0) is 15.0. The van der Waals surface area contributed by atoms with Crippen LogP contribution in [0.25, 0.3) is 10.2 Å². The Morgan fingerprint density at radius 1 is 1.50 bits per heavy atom. The van der Waals surface area contributed by atoms with Gasteiger partial charge < -0.3 is 16.8 Å². The number of rotatable bonds is 4. The van der Waals surface area contributed by atoms with Gasteiger partial charge in [-0.15, -0.1) is 11.3 Å². The zero-order valence-corrected chi connectivity index (χ0v) is 12.4. The van der Waals surface area contributed by atoms with Gasteiger partial charge >= 0.3 is 0 Å². The summed E-state index contributed by atoms with van der Waals surface area (Å²) in [6.45, 7) is 3.57. The van der Waals surface area contributed by atoms with Crippen LogP contribution >= 0.6 is 11.3 Å². The highest BCUT2D eigenvalue weighted by atomic mass is 32.1. The van der Waals surface area contributed by atoms with Crippen molar-refractivity contribution in [3.8, 4) is 0 Å². The molecule has 0 saturated carbocycles. The van der Waals surface area contributed by atoms with Crippen LogP contribution in [0.4, 0.5) is 5.69 Å². The number of primary amides is 1. The maximum absolute atomic E-state index is 12.2. The van der Waals surface area contributed by atoms with Crippen LogP contribution in [0, 0.1) is 6.92 Å². The molecule has 20 heavy (non-hydrogen) atoms. The molecule has 2 aromatic rings. The van der Waals surface area contributed by atoms with Gasteiger partial charge in [0.25, 0.3) is 5.91 Å². The number of aromatic nitrogens is 2. The fourth-order valence-electron chi connectivity index (χ4n) is 2.14. The number of hydrogen-bond acceptors (Lipinski definition) is 5. The molecule has 0 spiro atoms. The highest BCUT2D eigenvalue weighted by Crippen LogP contribution is 2.35. The highest BCUT2D eigenvalue weighted by Gasteiger charge is 2.22. The predicted octanol–water partition coefficient (Wildman–Crippen LogP) is 0.519. The molecule has 8 heteroatoms. The number of aryl methyl sites for hydroxylation is 2. The number of anilines is 1. The SMILES string of the molecule is Cc1nn(C)c2sc(C(=O)NC(C)CC(N)=O)c(N)c12. The number of hydrogen-bond donors (Lipinski definition) is 3. The first-order valence-corrected chi connectivity index (χ1v) is 6.93. The van der Waals surface area contributed by atoms with Crippen LogP contribution in [0.5, 0.6) is 0 Å². The monoisotopic (exact) mass is 295 g/mol. The summed E-state index contributed by atoms with van der Waals surface area (Å²) in [5.74, 6) is -0.751. The molecule has 0 radical (unpaired) electrons. The average molecular weight is 295 g/mol. The van der Waals surface area contributed by atoms with Gasteiger partial charge in [0.15, 0.2) is 0 Å². The van der Waals surface area contributed by atoms with Gasteiger partial charge in [0.05, 0.1) is 16.8 Å². The molecule has 0 bridgehead atoms. The minimum Gasteiger partial charge on any atom is -0.397 e. The Hall–Kier alpha value is -2.09. The summed E-state index contributed by atoms with van der Waals surface area (Å²) >= 11 is 1.29. The molecule has 0 aliphatic heterocycles. The summed E-state index contributed by atoms with van der Waals surface area (Å²) in [6.07, 6.45) is 0.0944. The number of amides is 2. The summed E-state index contributed by atoms with van der Waals surface area (Å²) in [5, 5.41) is 7.80. The molecule has 2 amide bonds. The van der Waals surface area contributed by atoms with Crippen LogP contribution in [0.3, 0.4) is 0 Å². The first kappa shape index (κ1) is 14.3. The van der Waals surface area contributed by atoms with Gasteiger partial charge in [-0.05, 0) is 13.8 Å². The number of carbonyl (C=O) groups excluding carboxylic acids is 2. The minimum absolute atomic E-state index is 0.0944. The molecule has 0 aromatic carbocycles. The van der Waals surface area contributed by atoms with Gasteiger partial charge in [-0.25, -0.2) is 0 Å². The normalized spacial score (nSPS) is 12.6. The quantitative estimate of drug-likeness (QED) is 0.762. The Labute approximate surface area is 119 Å². The van der Waals surface area contributed by atoms with Crippen LogP contribution in [0.1, 0.15) is 28.7 Å². The molecule has 1 atom stereocenters. The molecule has 5 N–H and O–H groups in total. The highest BCUT2D eigenvalue weighted by molar-refractivity contribution is 7.21. The molecule has 108 valence electrons. The van der Waals surface area contributed by atoms with Gasteiger partial charge in [0.2, 0.25) is 5.91 Å². The van der Waals surface area contributed by atoms with Crippen molar-refractivity contribution in [2.24, 2.45) is 12.8 Å². The van der Waals surface area contributed by atoms with Gasteiger partial charge in [0, 0.05) is 19.5 Å². The van der Waals surface area contributed by atoms with E-state index in [9.17, 15) is 9.59 Å². The molecule has 2 rings (SSSR count). The fourth-order valence-corrected chi connectivity index (χ4v) is 3.23. The van der Waals surface area contributed by atoms with Crippen molar-refractivity contribution in [3.63, 3.8) is 0 Å². The molecule has 0 aliphatic rings. The second-order valence-electron chi connectivity index (χ2n) is 4.78. The van der Waals surface area contributed by atoms with Gasteiger partial charge in [-0.1, -0.05) is 0 Å². The van der Waals surface area contributed by atoms with Crippen molar-refractivity contribution in [2.75, 3.05) is 5.73 Å². The number of nitrogens with two attached hydrogens (primary N) is 2. The van der Waals surface area contributed by atoms with Gasteiger partial charge in [-0.2, -0.15) is 5.10 Å². The minimum atomic E-state index is -0.456. The van der Waals surface area contributed by atoms with E-state index in [4.69, 9.17) is 11.5 Å². The molecule has 0 fully saturated rings. The predicted molar refractivity (Wildman–Crippen MR) is 78.5 cm³/mol. The fraction of sp³-hybridized carbons (Fsp3) is 0.417. The average Bonchev–Trinajstić information content (AvgIpc) is 2.78. The lowest BCUT2D eigenvalue weighted by Crippen LogP contribution is -2.35. The van der Waals surface area contributed by atoms with Crippen LogP contribution in [0.2, 0.25) is 0 Å². The molecular weight excluding hydrogens is 278 g/mol. The number of nitrogens with zero attached hydrogens (tertiary/aromatic N) is 2. The lowest BCUT2D eigenvalue weighted by atomic mass is 10.2. The van der Waals surface area contributed by atoms with Crippen LogP contribution < -0.4 is 16.8 Å². The number of fused-ring (bicyclic) bond motifs is 1. The first-order valence-electron chi connectivity index (χ1n) is 6.12. The summed E-state index contributed by atoms with van der Waals surface area (Å²) in [5.41, 5.74) is 12.4. The van der Waals surface area contributed by atoms with Crippen molar-refractivity contribution in [1.82, 2.24) is 15.1 Å². The van der Waals surface area contributed by atoms with E-state index in [-0.39, 0.29) is 18.4 Å². The van der Waals surface area contributed by atoms with E-state index in [1.54, 1.807) is 11.6 Å². The van der Waals surface area contributed by atoms with Crippen molar-refractivity contribution in [1.29, 1.82) is 0 Å². The Kier molecular flexibility index (Phi) is 3.67. The second-order valence-corrected chi connectivity index (χ2v) is 5.78. The van der Waals surface area contributed by atoms with Crippen molar-refractivity contribution in [3.05, 3.63) is 10.6 Å². The van der Waals surface area contributed by atoms with E-state index >= 15 is 0 Å². The smallest absolute Gasteiger partial charge is 0.263 e. The van der Waals surface area contributed by atoms with Crippen LogP contribution in [-0.4, -0.2) is 27.6 Å². The molecule has 7 nitrogen and oxygen atoms in total. The maximum Gasteiger partial charge on any atom is 0.263 e. The third-order valence-corrected chi connectivity index (χ3v) is 4.24. The number of carbonyl (C=O) groups is 2. The van der Waals surface area contributed by atoms with Crippen LogP contribution in [-0.2, 0) is 11.8 Å². The number of nitrogen functional groups attached to an aromatic ring is 1. The lowest BCUT2D eigenvalue weighted by Gasteiger charge is -2.11. The molecule has 0 saturated heterocycles. The summed E-state index contributed by atoms with van der Waals surface area (Å²) in [7, 11) is 1.81. The van der Waals surface area contributed by atoms with Crippen molar-refractivity contribution < 1.29 is 9.59 Å². The Morgan fingerprint density at radius 2 is 2.15 bits per heavy atom. The van der Waals surface area contributed by atoms with Crippen LogP contribution in [0.15, 0.2) is 0 Å². The van der Waals surface area contributed by atoms with Crippen molar-refractivity contribution >= 4 is 39.1 Å². The van der Waals surface area contributed by atoms with E-state index in [0.717, 1.165) is 15.9 Å². The molecule has 1 unspecified atom stereocenters. The van der Waals surface area contributed by atoms with Crippen molar-refractivity contribution in [2.45, 2.75) is 26.3 Å². The van der Waals surface area contributed by atoms with Gasteiger partial charge in [0.1, 0.15) is 9.71 Å². The second kappa shape index (κ2) is 5.12. The number of thiophene rings is 1. The first-order chi connectivity index (χ1) is 9.31. The molecule has 0 aliphatic carbocycles. The molecular formula is C12H17N5O2S. The topological polar surface area (TPSA) is 116 Å². The Balaban J connectivity index is 2.29. The summed E-state index contributed by atoms with van der Waals surface area (Å²) in [4.78, 5) is 24.3. The maximum atomic E-state index is 12.2. The third-order valence-electron chi connectivity index (χ3n) is 2.97. The van der Waals surface area contributed by atoms with E-state index in [1.165, 1.54) is 11.3 Å². The van der Waals surface area contributed by atoms with Gasteiger partial charge in [-0.3, -0.25) is 14.3 Å². The van der Waals surface area contributed by atoms with E-state index in [1.807, 2.05) is 14.0 Å². The van der Waals surface area contributed by atoms with E-state index in [0.29, 0.717) is 10.6 Å². The van der Waals surface area contributed by atoms with E-state index < -0.39 is 5.91 Å². The lowest BCUT2D eigenvalue weighted by molar-refractivity contribution is -0.118. The Bertz CT molecular complexity index is 688. The molecule has 2 aromatic heterocycles. The van der Waals surface area contributed by atoms with E-state index in [2.05, 4.69) is 10.4 Å². The third kappa shape index (κ3) is 2.46.